The maximum Gasteiger partial charge on any atom is 0.252 e. The first-order chi connectivity index (χ1) is 52.6. The van der Waals surface area contributed by atoms with Gasteiger partial charge in [-0.25, -0.2) is 0 Å². The number of hydrogen-bond acceptors (Lipinski definition) is 2. The Morgan fingerprint density at radius 3 is 1.17 bits per heavy atom. The average molecular weight is 1340 g/mol. The highest BCUT2D eigenvalue weighted by Gasteiger charge is 2.46. The first-order valence-electron chi connectivity index (χ1n) is 40.4. The molecule has 0 saturated carbocycles. The predicted molar refractivity (Wildman–Crippen MR) is 446 cm³/mol. The van der Waals surface area contributed by atoms with Crippen LogP contribution in [0.2, 0.25) is 0 Å². The molecule has 0 spiro atoms. The Balaban J connectivity index is 1.07. The molecule has 0 N–H and O–H groups in total. The molecular weight excluding hydrogens is 1240 g/mol. The van der Waals surface area contributed by atoms with Gasteiger partial charge in [0, 0.05) is 71.9 Å². The molecule has 0 fully saturated rings. The van der Waals surface area contributed by atoms with E-state index in [4.69, 9.17) is 2.74 Å². The standard InChI is InChI=1S/C98H89BN4/c1-94(2,3)62-49-60(50-63(53-62)95(4,5)6)68-31-20-25-42-82(68)101-88-57-67(100-84-44-27-22-37-74(84)75-38-23-28-45-85(75)100)47-48-80(88)99-81-58-79-73-36-19-17-34-71(73)70-33-16-18-35-72(70)77-40-30-41-78-76-39-24-29-46-86(76)103(93(77)78)87(79)59-89(81)102(91-56-66(98(13,14)15)55-90(101)92(91)99)83-43-26-21-32-69(83)61-51-64(96(7,8)9)54-65(52-61)97(10,11)12/h16-59H,1-15H3/i22D,23D,27D,28D,37D,38D,44D,45D. The molecule has 3 aromatic heterocycles. The average Bonchev–Trinajstić information content (AvgIpc) is 1.50. The zero-order valence-electron chi connectivity index (χ0n) is 69.7. The number of hydrogen-bond donors (Lipinski definition) is 0. The Kier molecular flexibility index (Phi) is 12.4. The third-order valence-electron chi connectivity index (χ3n) is 22.2. The normalized spacial score (nSPS) is 14.6. The van der Waals surface area contributed by atoms with Crippen molar-refractivity contribution < 1.29 is 11.0 Å². The fourth-order valence-corrected chi connectivity index (χ4v) is 16.7. The molecule has 4 nitrogen and oxygen atoms in total. The molecule has 0 unspecified atom stereocenters. The third kappa shape index (κ3) is 10.1. The van der Waals surface area contributed by atoms with Crippen LogP contribution in [0.3, 0.4) is 0 Å². The van der Waals surface area contributed by atoms with Gasteiger partial charge in [-0.15, -0.1) is 0 Å². The molecule has 5 heteroatoms. The maximum atomic E-state index is 9.87. The second-order valence-electron chi connectivity index (χ2n) is 34.0. The van der Waals surface area contributed by atoms with Crippen molar-refractivity contribution in [2.45, 2.75) is 131 Å². The van der Waals surface area contributed by atoms with Gasteiger partial charge in [-0.2, -0.15) is 0 Å². The maximum absolute atomic E-state index is 9.87. The topological polar surface area (TPSA) is 15.8 Å². The van der Waals surface area contributed by atoms with E-state index in [0.717, 1.165) is 138 Å². The summed E-state index contributed by atoms with van der Waals surface area (Å²) in [5.74, 6) is 0. The molecule has 0 saturated heterocycles. The lowest BCUT2D eigenvalue weighted by Gasteiger charge is -2.46. The molecule has 0 aliphatic carbocycles. The van der Waals surface area contributed by atoms with Crippen molar-refractivity contribution in [1.29, 1.82) is 0 Å². The number of benzene rings is 13. The molecule has 2 aliphatic rings. The summed E-state index contributed by atoms with van der Waals surface area (Å²) in [5, 5.41) is 8.96. The van der Waals surface area contributed by atoms with Gasteiger partial charge in [0.05, 0.1) is 49.9 Å². The molecule has 0 amide bonds. The second-order valence-corrected chi connectivity index (χ2v) is 34.0. The van der Waals surface area contributed by atoms with Crippen LogP contribution in [-0.2, 0) is 27.1 Å². The first kappa shape index (κ1) is 55.8. The van der Waals surface area contributed by atoms with E-state index in [1.54, 1.807) is 4.57 Å². The summed E-state index contributed by atoms with van der Waals surface area (Å²) in [5.41, 5.74) is 21.5. The molecule has 2 aliphatic heterocycles. The molecule has 16 aromatic rings. The number of fused-ring (bicyclic) bond motifs is 17. The van der Waals surface area contributed by atoms with Gasteiger partial charge in [0.2, 0.25) is 0 Å². The third-order valence-corrected chi connectivity index (χ3v) is 22.2. The van der Waals surface area contributed by atoms with E-state index in [2.05, 4.69) is 330 Å². The van der Waals surface area contributed by atoms with Crippen LogP contribution in [0, 0.1) is 0 Å². The highest BCUT2D eigenvalue weighted by atomic mass is 15.2. The lowest BCUT2D eigenvalue weighted by atomic mass is 9.33. The number of anilines is 6. The Labute approximate surface area is 618 Å². The molecule has 0 radical (unpaired) electrons. The zero-order chi connectivity index (χ0) is 78.1. The van der Waals surface area contributed by atoms with Crippen LogP contribution in [0.15, 0.2) is 267 Å². The highest BCUT2D eigenvalue weighted by molar-refractivity contribution is 7.00. The fourth-order valence-electron chi connectivity index (χ4n) is 16.7. The summed E-state index contributed by atoms with van der Waals surface area (Å²) in [6.45, 7) is 33.9. The lowest BCUT2D eigenvalue weighted by Crippen LogP contribution is -2.61. The van der Waals surface area contributed by atoms with Crippen LogP contribution in [0.5, 0.6) is 0 Å². The minimum atomic E-state index is -0.512. The first-order valence-corrected chi connectivity index (χ1v) is 36.4. The van der Waals surface area contributed by atoms with E-state index in [9.17, 15) is 8.22 Å². The summed E-state index contributed by atoms with van der Waals surface area (Å²) in [7, 11) is 0. The van der Waals surface area contributed by atoms with E-state index in [0.29, 0.717) is 5.69 Å². The SMILES string of the molecule is [2H]c1c([2H])c([2H])c2c(c1[2H])c1c([2H])c([2H])c([2H])c([2H])c1n2-c1ccc2c(c1)N(c1ccccc1-c1cc(C(C)(C)C)cc(C(C)(C)C)c1)c1cc(C(C)(C)C)cc3c1B2c1cc2c4ccccc4c4ccccc4c4cccc5c6ccccc6n(c2cc1N3c1ccccc1-c1cc(C(C)(C)C)cc(C(C)(C)C)c1)c45. The van der Waals surface area contributed by atoms with Gasteiger partial charge in [-0.1, -0.05) is 310 Å². The van der Waals surface area contributed by atoms with E-state index in [1.165, 1.54) is 22.3 Å². The molecule has 0 bridgehead atoms. The fraction of sp³-hybridized carbons (Fsp3) is 0.204. The van der Waals surface area contributed by atoms with Crippen molar-refractivity contribution in [3.05, 3.63) is 295 Å². The second kappa shape index (κ2) is 22.8. The van der Waals surface area contributed by atoms with Crippen LogP contribution >= 0.6 is 0 Å². The van der Waals surface area contributed by atoms with Gasteiger partial charge < -0.3 is 18.8 Å². The van der Waals surface area contributed by atoms with E-state index in [1.807, 2.05) is 6.07 Å². The molecule has 504 valence electrons. The predicted octanol–water partition coefficient (Wildman–Crippen LogP) is 25.3. The van der Waals surface area contributed by atoms with Gasteiger partial charge in [-0.05, 0) is 165 Å². The minimum absolute atomic E-state index is 0.0213. The number of para-hydroxylation sites is 6. The molecule has 0 atom stereocenters. The van der Waals surface area contributed by atoms with Crippen molar-refractivity contribution in [2.24, 2.45) is 0 Å². The van der Waals surface area contributed by atoms with Gasteiger partial charge in [-0.3, -0.25) is 0 Å². The Morgan fingerprint density at radius 2 is 0.680 bits per heavy atom. The zero-order valence-corrected chi connectivity index (χ0v) is 61.7. The summed E-state index contributed by atoms with van der Waals surface area (Å²) < 4.78 is 80.0. The number of rotatable bonds is 5. The summed E-state index contributed by atoms with van der Waals surface area (Å²) in [6, 6.07) is 78.3. The Morgan fingerprint density at radius 1 is 0.282 bits per heavy atom. The van der Waals surface area contributed by atoms with Crippen LogP contribution in [0.25, 0.3) is 109 Å². The van der Waals surface area contributed by atoms with Gasteiger partial charge in [0.25, 0.3) is 6.71 Å². The van der Waals surface area contributed by atoms with Gasteiger partial charge in [0.1, 0.15) is 0 Å². The van der Waals surface area contributed by atoms with E-state index in [-0.39, 0.29) is 67.6 Å². The van der Waals surface area contributed by atoms with Crippen LogP contribution in [-0.4, -0.2) is 15.7 Å². The lowest BCUT2D eigenvalue weighted by molar-refractivity contribution is 0.568. The van der Waals surface area contributed by atoms with E-state index < -0.39 is 36.3 Å². The monoisotopic (exact) mass is 1340 g/mol. The van der Waals surface area contributed by atoms with Crippen molar-refractivity contribution >= 4 is 139 Å². The Hall–Kier alpha value is -10.9. The van der Waals surface area contributed by atoms with Crippen molar-refractivity contribution in [1.82, 2.24) is 8.97 Å². The molecule has 18 rings (SSSR count). The van der Waals surface area contributed by atoms with Crippen molar-refractivity contribution in [2.75, 3.05) is 9.80 Å². The number of nitrogens with zero attached hydrogens (tertiary/aromatic N) is 4. The molecule has 103 heavy (non-hydrogen) atoms. The van der Waals surface area contributed by atoms with Crippen LogP contribution in [0.4, 0.5) is 34.1 Å². The summed E-state index contributed by atoms with van der Waals surface area (Å²) in [6.07, 6.45) is 0. The van der Waals surface area contributed by atoms with Crippen molar-refractivity contribution in [3.63, 3.8) is 0 Å². The molecule has 5 heterocycles. The highest BCUT2D eigenvalue weighted by Crippen LogP contribution is 2.53. The quantitative estimate of drug-likeness (QED) is 0.160. The Bertz CT molecular complexity index is 6660. The largest absolute Gasteiger partial charge is 0.311 e. The van der Waals surface area contributed by atoms with E-state index >= 15 is 0 Å². The minimum Gasteiger partial charge on any atom is -0.311 e. The number of aromatic nitrogens is 2. The molecule has 13 aromatic carbocycles. The van der Waals surface area contributed by atoms with Crippen LogP contribution < -0.4 is 26.2 Å². The van der Waals surface area contributed by atoms with Crippen molar-refractivity contribution in [3.8, 4) is 27.9 Å². The van der Waals surface area contributed by atoms with Gasteiger partial charge in [0.15, 0.2) is 0 Å². The molecular formula is C98H89BN4. The summed E-state index contributed by atoms with van der Waals surface area (Å²) >= 11 is 0. The van der Waals surface area contributed by atoms with Gasteiger partial charge >= 0.3 is 0 Å². The summed E-state index contributed by atoms with van der Waals surface area (Å²) in [4.78, 5) is 5.04. The van der Waals surface area contributed by atoms with Crippen LogP contribution in [0.1, 0.15) is 143 Å². The smallest absolute Gasteiger partial charge is 0.252 e.